The summed E-state index contributed by atoms with van der Waals surface area (Å²) in [6, 6.07) is 9.64. The number of carbonyl (C=O) groups is 1. The fraction of sp³-hybridized carbons (Fsp3) is 0.571. The molecule has 0 amide bonds. The van der Waals surface area contributed by atoms with E-state index in [9.17, 15) is 4.79 Å². The second-order valence-electron chi connectivity index (χ2n) is 6.72. The van der Waals surface area contributed by atoms with E-state index in [-0.39, 0.29) is 13.2 Å². The molecule has 1 saturated heterocycles. The number of methoxy groups -OCH3 is 1. The van der Waals surface area contributed by atoms with Gasteiger partial charge in [0.15, 0.2) is 5.79 Å². The minimum atomic E-state index is -1.52. The van der Waals surface area contributed by atoms with Gasteiger partial charge in [0.1, 0.15) is 6.10 Å². The summed E-state index contributed by atoms with van der Waals surface area (Å²) in [4.78, 5) is 12.7. The van der Waals surface area contributed by atoms with Crippen LogP contribution in [0, 0.1) is 11.8 Å². The molecule has 5 nitrogen and oxygen atoms in total. The lowest BCUT2D eigenvalue weighted by Crippen LogP contribution is -2.53. The van der Waals surface area contributed by atoms with Crippen molar-refractivity contribution in [2.45, 2.75) is 64.1 Å². The summed E-state index contributed by atoms with van der Waals surface area (Å²) in [5.41, 5.74) is -0.583. The molecule has 0 aromatic heterocycles. The van der Waals surface area contributed by atoms with Gasteiger partial charge < -0.3 is 18.9 Å². The molecular weight excluding hydrogens is 332 g/mol. The highest BCUT2D eigenvalue weighted by Crippen LogP contribution is 2.33. The van der Waals surface area contributed by atoms with Crippen molar-refractivity contribution in [3.8, 4) is 11.8 Å². The number of hydrogen-bond acceptors (Lipinski definition) is 5. The van der Waals surface area contributed by atoms with Gasteiger partial charge in [-0.25, -0.2) is 4.79 Å². The average Bonchev–Trinajstić information content (AvgIpc) is 3.02. The lowest BCUT2D eigenvalue weighted by atomic mass is 9.96. The molecule has 2 rings (SSSR count). The third-order valence-corrected chi connectivity index (χ3v) is 4.19. The smallest absolute Gasteiger partial charge is 0.353 e. The fourth-order valence-corrected chi connectivity index (χ4v) is 2.72. The summed E-state index contributed by atoms with van der Waals surface area (Å²) in [5.74, 6) is 4.72. The van der Waals surface area contributed by atoms with Crippen LogP contribution in [0.25, 0.3) is 0 Å². The monoisotopic (exact) mass is 360 g/mol. The topological polar surface area (TPSA) is 54.0 Å². The normalized spacial score (nSPS) is 20.7. The first-order chi connectivity index (χ1) is 12.4. The molecule has 1 heterocycles. The molecule has 5 heteroatoms. The molecule has 0 unspecified atom stereocenters. The molecule has 0 saturated carbocycles. The molecule has 1 aliphatic rings. The molecule has 0 spiro atoms. The zero-order valence-corrected chi connectivity index (χ0v) is 16.0. The Balaban J connectivity index is 2.31. The first-order valence-corrected chi connectivity index (χ1v) is 9.01. The van der Waals surface area contributed by atoms with E-state index in [1.165, 1.54) is 7.11 Å². The first-order valence-electron chi connectivity index (χ1n) is 9.01. The molecule has 0 aliphatic carbocycles. The molecule has 1 fully saturated rings. The van der Waals surface area contributed by atoms with Crippen molar-refractivity contribution in [2.75, 3.05) is 13.7 Å². The van der Waals surface area contributed by atoms with Gasteiger partial charge in [-0.1, -0.05) is 55.5 Å². The van der Waals surface area contributed by atoms with Gasteiger partial charge in [0, 0.05) is 6.42 Å². The van der Waals surface area contributed by atoms with E-state index in [1.54, 1.807) is 13.8 Å². The Morgan fingerprint density at radius 2 is 2.08 bits per heavy atom. The van der Waals surface area contributed by atoms with Crippen molar-refractivity contribution in [1.29, 1.82) is 0 Å². The summed E-state index contributed by atoms with van der Waals surface area (Å²) in [6.07, 6.45) is 2.00. The van der Waals surface area contributed by atoms with Crippen molar-refractivity contribution in [2.24, 2.45) is 0 Å². The molecular formula is C21H28O5. The molecule has 1 aliphatic heterocycles. The Kier molecular flexibility index (Phi) is 7.22. The molecule has 0 radical (unpaired) electrons. The van der Waals surface area contributed by atoms with Crippen LogP contribution in [0.1, 0.15) is 45.6 Å². The average molecular weight is 360 g/mol. The highest BCUT2D eigenvalue weighted by Gasteiger charge is 2.53. The van der Waals surface area contributed by atoms with Crippen LogP contribution in [-0.4, -0.2) is 37.2 Å². The van der Waals surface area contributed by atoms with Gasteiger partial charge in [0.25, 0.3) is 5.60 Å². The van der Waals surface area contributed by atoms with Crippen molar-refractivity contribution in [1.82, 2.24) is 0 Å². The van der Waals surface area contributed by atoms with Gasteiger partial charge in [-0.3, -0.25) is 0 Å². The second-order valence-corrected chi connectivity index (χ2v) is 6.72. The largest absolute Gasteiger partial charge is 0.466 e. The van der Waals surface area contributed by atoms with Crippen molar-refractivity contribution >= 4 is 5.97 Å². The zero-order valence-electron chi connectivity index (χ0n) is 16.0. The number of ether oxygens (including phenoxy) is 4. The van der Waals surface area contributed by atoms with Crippen LogP contribution >= 0.6 is 0 Å². The number of unbranched alkanes of at least 4 members (excludes halogenated alkanes) is 2. The van der Waals surface area contributed by atoms with Gasteiger partial charge in [-0.15, -0.1) is 0 Å². The van der Waals surface area contributed by atoms with Crippen molar-refractivity contribution < 1.29 is 23.7 Å². The minimum Gasteiger partial charge on any atom is -0.466 e. The molecule has 1 aromatic carbocycles. The maximum Gasteiger partial charge on any atom is 0.353 e. The zero-order chi connectivity index (χ0) is 19.0. The van der Waals surface area contributed by atoms with Gasteiger partial charge >= 0.3 is 5.97 Å². The maximum absolute atomic E-state index is 12.7. The van der Waals surface area contributed by atoms with Crippen LogP contribution in [0.15, 0.2) is 30.3 Å². The predicted molar refractivity (Wildman–Crippen MR) is 98.2 cm³/mol. The van der Waals surface area contributed by atoms with Gasteiger partial charge in [0.05, 0.1) is 20.3 Å². The summed E-state index contributed by atoms with van der Waals surface area (Å²) >= 11 is 0. The van der Waals surface area contributed by atoms with E-state index in [0.29, 0.717) is 6.42 Å². The third-order valence-electron chi connectivity index (χ3n) is 4.19. The summed E-state index contributed by atoms with van der Waals surface area (Å²) in [5, 5.41) is 0. The Morgan fingerprint density at radius 3 is 2.65 bits per heavy atom. The van der Waals surface area contributed by atoms with E-state index in [2.05, 4.69) is 18.8 Å². The highest BCUT2D eigenvalue weighted by molar-refractivity contribution is 5.84. The number of rotatable bonds is 7. The minimum absolute atomic E-state index is 0.208. The van der Waals surface area contributed by atoms with Crippen LogP contribution in [0.3, 0.4) is 0 Å². The summed E-state index contributed by atoms with van der Waals surface area (Å²) in [6.45, 7) is 6.13. The van der Waals surface area contributed by atoms with E-state index >= 15 is 0 Å². The SMILES string of the molecule is CCCCC#C[C@](OCc1ccccc1)(C(=O)OC)[C@@H]1COC(C)(C)O1. The van der Waals surface area contributed by atoms with E-state index in [0.717, 1.165) is 18.4 Å². The lowest BCUT2D eigenvalue weighted by molar-refractivity contribution is -0.192. The summed E-state index contributed by atoms with van der Waals surface area (Å²) in [7, 11) is 1.33. The predicted octanol–water partition coefficient (Wildman–Crippen LogP) is 3.46. The van der Waals surface area contributed by atoms with Crippen LogP contribution in [0.2, 0.25) is 0 Å². The van der Waals surface area contributed by atoms with Gasteiger partial charge in [0.2, 0.25) is 0 Å². The molecule has 26 heavy (non-hydrogen) atoms. The van der Waals surface area contributed by atoms with Crippen molar-refractivity contribution in [3.05, 3.63) is 35.9 Å². The Hall–Kier alpha value is -1.87. The number of carbonyl (C=O) groups excluding carboxylic acids is 1. The molecule has 1 aromatic rings. The van der Waals surface area contributed by atoms with Crippen molar-refractivity contribution in [3.63, 3.8) is 0 Å². The summed E-state index contributed by atoms with van der Waals surface area (Å²) < 4.78 is 22.7. The molecule has 0 N–H and O–H groups in total. The van der Waals surface area contributed by atoms with Crippen LogP contribution in [0.4, 0.5) is 0 Å². The fourth-order valence-electron chi connectivity index (χ4n) is 2.72. The molecule has 2 atom stereocenters. The van der Waals surface area contributed by atoms with Crippen LogP contribution in [0.5, 0.6) is 0 Å². The Bertz CT molecular complexity index is 643. The Labute approximate surface area is 156 Å². The van der Waals surface area contributed by atoms with Gasteiger partial charge in [-0.2, -0.15) is 0 Å². The van der Waals surface area contributed by atoms with Gasteiger partial charge in [-0.05, 0) is 25.8 Å². The number of hydrogen-bond donors (Lipinski definition) is 0. The maximum atomic E-state index is 12.7. The highest BCUT2D eigenvalue weighted by atomic mass is 16.8. The molecule has 142 valence electrons. The molecule has 0 bridgehead atoms. The Morgan fingerprint density at radius 1 is 1.35 bits per heavy atom. The van der Waals surface area contributed by atoms with E-state index < -0.39 is 23.5 Å². The standard InChI is InChI=1S/C21H28O5/c1-5-6-7-11-14-21(19(22)23-4,18-16-24-20(2,3)26-18)25-15-17-12-9-8-10-13-17/h8-10,12-13,18H,5-7,15-16H2,1-4H3/t18-,21+/m0/s1. The van der Waals surface area contributed by atoms with Crippen LogP contribution < -0.4 is 0 Å². The number of benzene rings is 1. The third kappa shape index (κ3) is 5.07. The van der Waals surface area contributed by atoms with E-state index in [4.69, 9.17) is 18.9 Å². The number of esters is 1. The van der Waals surface area contributed by atoms with E-state index in [1.807, 2.05) is 30.3 Å². The van der Waals surface area contributed by atoms with Crippen LogP contribution in [-0.2, 0) is 30.3 Å². The quantitative estimate of drug-likeness (QED) is 0.423. The first kappa shape index (κ1) is 20.4. The second kappa shape index (κ2) is 9.18. The lowest BCUT2D eigenvalue weighted by Gasteiger charge is -2.31.